The van der Waals surface area contributed by atoms with Gasteiger partial charge in [-0.15, -0.1) is 0 Å². The van der Waals surface area contributed by atoms with Gasteiger partial charge >= 0.3 is 6.03 Å². The van der Waals surface area contributed by atoms with Crippen LogP contribution in [0.15, 0.2) is 24.3 Å². The van der Waals surface area contributed by atoms with Gasteiger partial charge in [-0.3, -0.25) is 14.4 Å². The Hall–Kier alpha value is -3.14. The Morgan fingerprint density at radius 3 is 2.21 bits per heavy atom. The highest BCUT2D eigenvalue weighted by molar-refractivity contribution is 5.98. The predicted molar refractivity (Wildman–Crippen MR) is 131 cm³/mol. The number of nitrogens with one attached hydrogen (secondary N) is 4. The fourth-order valence-corrected chi connectivity index (χ4v) is 3.29. The van der Waals surface area contributed by atoms with Crippen molar-refractivity contribution < 1.29 is 24.3 Å². The maximum absolute atomic E-state index is 13.0. The number of carbonyl (C=O) groups excluding carboxylic acids is 4. The molecule has 0 aliphatic rings. The summed E-state index contributed by atoms with van der Waals surface area (Å²) in [6, 6.07) is 4.34. The van der Waals surface area contributed by atoms with Gasteiger partial charge in [-0.2, -0.15) is 0 Å². The number of anilines is 1. The third-order valence-corrected chi connectivity index (χ3v) is 5.28. The van der Waals surface area contributed by atoms with Crippen molar-refractivity contribution in [3.05, 3.63) is 29.8 Å². The summed E-state index contributed by atoms with van der Waals surface area (Å²) in [7, 11) is 0. The molecule has 2 atom stereocenters. The molecule has 1 rings (SSSR count). The number of hydrogen-bond acceptors (Lipinski definition) is 5. The number of aliphatic hydroxyl groups is 1. The van der Waals surface area contributed by atoms with E-state index >= 15 is 0 Å². The maximum Gasteiger partial charge on any atom is 0.312 e. The Balaban J connectivity index is 2.86. The van der Waals surface area contributed by atoms with E-state index in [4.69, 9.17) is 5.73 Å². The molecule has 1 aromatic rings. The molecule has 0 spiro atoms. The number of hydrogen-bond donors (Lipinski definition) is 6. The summed E-state index contributed by atoms with van der Waals surface area (Å²) in [6.45, 7) is 5.84. The van der Waals surface area contributed by atoms with Crippen LogP contribution >= 0.6 is 0 Å². The molecule has 5 amide bonds. The molecule has 0 unspecified atom stereocenters. The monoisotopic (exact) mass is 477 g/mol. The molecule has 0 radical (unpaired) electrons. The summed E-state index contributed by atoms with van der Waals surface area (Å²) >= 11 is 0. The van der Waals surface area contributed by atoms with Gasteiger partial charge in [-0.1, -0.05) is 45.7 Å². The van der Waals surface area contributed by atoms with Gasteiger partial charge in [0.15, 0.2) is 0 Å². The highest BCUT2D eigenvalue weighted by Crippen LogP contribution is 2.12. The van der Waals surface area contributed by atoms with Crippen LogP contribution in [-0.4, -0.2) is 47.5 Å². The largest absolute Gasteiger partial charge is 0.392 e. The Labute approximate surface area is 201 Å². The van der Waals surface area contributed by atoms with E-state index in [1.165, 1.54) is 0 Å². The quantitative estimate of drug-likeness (QED) is 0.212. The Morgan fingerprint density at radius 2 is 1.65 bits per heavy atom. The lowest BCUT2D eigenvalue weighted by molar-refractivity contribution is -0.132. The molecule has 34 heavy (non-hydrogen) atoms. The molecule has 0 aliphatic carbocycles. The van der Waals surface area contributed by atoms with Crippen LogP contribution in [0.25, 0.3) is 0 Å². The predicted octanol–water partition coefficient (Wildman–Crippen LogP) is 1.77. The summed E-state index contributed by atoms with van der Waals surface area (Å²) in [5.41, 5.74) is 6.30. The first kappa shape index (κ1) is 28.9. The molecule has 0 aromatic heterocycles. The zero-order valence-electron chi connectivity index (χ0n) is 20.4. The van der Waals surface area contributed by atoms with Gasteiger partial charge < -0.3 is 32.1 Å². The fourth-order valence-electron chi connectivity index (χ4n) is 3.29. The molecule has 0 saturated carbocycles. The lowest BCUT2D eigenvalue weighted by Crippen LogP contribution is -2.54. The average Bonchev–Trinajstić information content (AvgIpc) is 2.79. The zero-order chi connectivity index (χ0) is 25.5. The number of rotatable bonds is 15. The van der Waals surface area contributed by atoms with Crippen molar-refractivity contribution in [2.75, 3.05) is 11.9 Å². The van der Waals surface area contributed by atoms with Crippen molar-refractivity contribution >= 4 is 29.4 Å². The summed E-state index contributed by atoms with van der Waals surface area (Å²) in [5, 5.41) is 19.9. The molecule has 0 saturated heterocycles. The molecular weight excluding hydrogens is 438 g/mol. The van der Waals surface area contributed by atoms with Crippen LogP contribution in [0, 0.1) is 5.92 Å². The lowest BCUT2D eigenvalue weighted by atomic mass is 10.0. The first-order chi connectivity index (χ1) is 16.2. The normalized spacial score (nSPS) is 12.5. The highest BCUT2D eigenvalue weighted by atomic mass is 16.3. The van der Waals surface area contributed by atoms with E-state index in [0.717, 1.165) is 19.3 Å². The number of amides is 5. The number of carbonyl (C=O) groups is 4. The average molecular weight is 478 g/mol. The Kier molecular flexibility index (Phi) is 13.3. The summed E-state index contributed by atoms with van der Waals surface area (Å²) in [4.78, 5) is 49.2. The third-order valence-electron chi connectivity index (χ3n) is 5.28. The molecule has 0 fully saturated rings. The second-order valence-electron chi connectivity index (χ2n) is 8.59. The highest BCUT2D eigenvalue weighted by Gasteiger charge is 2.28. The van der Waals surface area contributed by atoms with E-state index in [1.54, 1.807) is 24.3 Å². The molecule has 0 heterocycles. The minimum absolute atomic E-state index is 0.111. The van der Waals surface area contributed by atoms with E-state index in [9.17, 15) is 24.3 Å². The van der Waals surface area contributed by atoms with Crippen LogP contribution in [0.3, 0.4) is 0 Å². The van der Waals surface area contributed by atoms with Gasteiger partial charge in [0.2, 0.25) is 17.7 Å². The van der Waals surface area contributed by atoms with Gasteiger partial charge in [-0.05, 0) is 42.9 Å². The van der Waals surface area contributed by atoms with E-state index in [1.807, 2.05) is 20.8 Å². The minimum Gasteiger partial charge on any atom is -0.392 e. The number of aliphatic hydroxyl groups excluding tert-OH is 1. The molecule has 10 heteroatoms. The molecule has 190 valence electrons. The second-order valence-corrected chi connectivity index (χ2v) is 8.59. The molecule has 1 aromatic carbocycles. The smallest absolute Gasteiger partial charge is 0.312 e. The molecule has 7 N–H and O–H groups in total. The van der Waals surface area contributed by atoms with Crippen molar-refractivity contribution in [2.24, 2.45) is 11.7 Å². The first-order valence-electron chi connectivity index (χ1n) is 11.8. The maximum atomic E-state index is 13.0. The summed E-state index contributed by atoms with van der Waals surface area (Å²) < 4.78 is 0. The third kappa shape index (κ3) is 11.1. The van der Waals surface area contributed by atoms with Crippen molar-refractivity contribution in [1.82, 2.24) is 16.0 Å². The van der Waals surface area contributed by atoms with Gasteiger partial charge in [0, 0.05) is 18.7 Å². The number of unbranched alkanes of at least 4 members (excludes halogenated alkanes) is 2. The first-order valence-corrected chi connectivity index (χ1v) is 11.8. The van der Waals surface area contributed by atoms with Crippen LogP contribution in [0.5, 0.6) is 0 Å². The van der Waals surface area contributed by atoms with Gasteiger partial charge in [0.1, 0.15) is 12.1 Å². The van der Waals surface area contributed by atoms with Crippen LogP contribution in [0.2, 0.25) is 0 Å². The molecule has 10 nitrogen and oxygen atoms in total. The van der Waals surface area contributed by atoms with Gasteiger partial charge in [0.05, 0.1) is 6.61 Å². The van der Waals surface area contributed by atoms with Crippen molar-refractivity contribution in [3.63, 3.8) is 0 Å². The topological polar surface area (TPSA) is 163 Å². The Morgan fingerprint density at radius 1 is 0.971 bits per heavy atom. The molecule has 0 bridgehead atoms. The van der Waals surface area contributed by atoms with Crippen LogP contribution < -0.4 is 27.0 Å². The van der Waals surface area contributed by atoms with Crippen LogP contribution in [0.1, 0.15) is 64.9 Å². The van der Waals surface area contributed by atoms with E-state index in [-0.39, 0.29) is 31.4 Å². The van der Waals surface area contributed by atoms with Crippen molar-refractivity contribution in [2.45, 2.75) is 78.0 Å². The standard InChI is InChI=1S/C24H39N5O5/c1-4-5-6-9-20(31)29-21(16(2)3)23(33)28-19(8-7-14-26-24(25)34)22(32)27-18-12-10-17(15-30)11-13-18/h10-13,16,19,21,30H,4-9,14-15H2,1-3H3,(H,27,32)(H,28,33)(H,29,31)(H3,25,26,34)/t19-,21-/m0/s1. The number of urea groups is 1. The fraction of sp³-hybridized carbons (Fsp3) is 0.583. The summed E-state index contributed by atoms with van der Waals surface area (Å²) in [6.07, 6.45) is 3.68. The van der Waals surface area contributed by atoms with E-state index in [2.05, 4.69) is 21.3 Å². The minimum atomic E-state index is -0.891. The Bertz CT molecular complexity index is 797. The van der Waals surface area contributed by atoms with Crippen molar-refractivity contribution in [1.29, 1.82) is 0 Å². The number of primary amides is 1. The lowest BCUT2D eigenvalue weighted by Gasteiger charge is -2.25. The van der Waals surface area contributed by atoms with E-state index in [0.29, 0.717) is 24.1 Å². The molecular formula is C24H39N5O5. The van der Waals surface area contributed by atoms with Crippen LogP contribution in [-0.2, 0) is 21.0 Å². The van der Waals surface area contributed by atoms with Crippen LogP contribution in [0.4, 0.5) is 10.5 Å². The van der Waals surface area contributed by atoms with Gasteiger partial charge in [-0.25, -0.2) is 4.79 Å². The van der Waals surface area contributed by atoms with Crippen molar-refractivity contribution in [3.8, 4) is 0 Å². The molecule has 0 aliphatic heterocycles. The number of benzene rings is 1. The number of nitrogens with two attached hydrogens (primary N) is 1. The SMILES string of the molecule is CCCCCC(=O)N[C@H](C(=O)N[C@@H](CCCNC(N)=O)C(=O)Nc1ccc(CO)cc1)C(C)C. The van der Waals surface area contributed by atoms with Gasteiger partial charge in [0.25, 0.3) is 0 Å². The summed E-state index contributed by atoms with van der Waals surface area (Å²) in [5.74, 6) is -1.25. The zero-order valence-corrected chi connectivity index (χ0v) is 20.4. The second kappa shape index (κ2) is 15.7. The van der Waals surface area contributed by atoms with E-state index < -0.39 is 29.9 Å².